The van der Waals surface area contributed by atoms with Crippen molar-refractivity contribution in [2.45, 2.75) is 56.6 Å². The molecule has 0 heterocycles. The molecular formula is C19H27BrNO+. The van der Waals surface area contributed by atoms with Crippen LogP contribution in [0.25, 0.3) is 0 Å². The molecule has 4 fully saturated rings. The topological polar surface area (TPSA) is 36.8 Å². The second-order valence-electron chi connectivity index (χ2n) is 8.47. The Morgan fingerprint density at radius 2 is 1.59 bits per heavy atom. The molecule has 1 atom stereocenters. The van der Waals surface area contributed by atoms with E-state index in [-0.39, 0.29) is 0 Å². The summed E-state index contributed by atoms with van der Waals surface area (Å²) in [6.45, 7) is 2.74. The van der Waals surface area contributed by atoms with Crippen LogP contribution in [0.15, 0.2) is 28.7 Å². The van der Waals surface area contributed by atoms with E-state index in [2.05, 4.69) is 21.2 Å². The number of halogens is 1. The van der Waals surface area contributed by atoms with Gasteiger partial charge in [0.2, 0.25) is 0 Å². The lowest BCUT2D eigenvalue weighted by atomic mass is 9.53. The SMILES string of the molecule is C[C@@](O)(C[NH2+]C12CC3CC(CC(C3)C1)C2)c1ccc(Br)cc1. The summed E-state index contributed by atoms with van der Waals surface area (Å²) >= 11 is 3.47. The highest BCUT2D eigenvalue weighted by molar-refractivity contribution is 9.10. The zero-order valence-electron chi connectivity index (χ0n) is 13.4. The van der Waals surface area contributed by atoms with Crippen LogP contribution in [-0.4, -0.2) is 17.2 Å². The Hall–Kier alpha value is -0.380. The highest BCUT2D eigenvalue weighted by Crippen LogP contribution is 2.54. The molecule has 0 saturated heterocycles. The van der Waals surface area contributed by atoms with Crippen LogP contribution in [0.4, 0.5) is 0 Å². The van der Waals surface area contributed by atoms with Gasteiger partial charge in [-0.1, -0.05) is 28.1 Å². The maximum atomic E-state index is 10.9. The molecule has 4 aliphatic rings. The zero-order valence-corrected chi connectivity index (χ0v) is 15.0. The van der Waals surface area contributed by atoms with Crippen molar-refractivity contribution in [3.63, 3.8) is 0 Å². The average Bonchev–Trinajstić information content (AvgIpc) is 2.45. The predicted molar refractivity (Wildman–Crippen MR) is 91.4 cm³/mol. The van der Waals surface area contributed by atoms with Gasteiger partial charge in [-0.2, -0.15) is 0 Å². The zero-order chi connectivity index (χ0) is 15.4. The minimum absolute atomic E-state index is 0.439. The lowest BCUT2D eigenvalue weighted by Gasteiger charge is -2.55. The summed E-state index contributed by atoms with van der Waals surface area (Å²) in [5.41, 5.74) is 0.717. The number of nitrogens with two attached hydrogens (primary N) is 1. The minimum Gasteiger partial charge on any atom is -0.380 e. The maximum absolute atomic E-state index is 10.9. The Balaban J connectivity index is 1.46. The average molecular weight is 365 g/mol. The van der Waals surface area contributed by atoms with E-state index in [9.17, 15) is 5.11 Å². The molecule has 120 valence electrons. The fourth-order valence-corrected chi connectivity index (χ4v) is 6.03. The second-order valence-corrected chi connectivity index (χ2v) is 9.38. The van der Waals surface area contributed by atoms with Gasteiger partial charge in [-0.15, -0.1) is 0 Å². The fourth-order valence-electron chi connectivity index (χ4n) is 5.77. The van der Waals surface area contributed by atoms with Gasteiger partial charge < -0.3 is 10.4 Å². The van der Waals surface area contributed by atoms with Crippen LogP contribution in [0.3, 0.4) is 0 Å². The van der Waals surface area contributed by atoms with Crippen molar-refractivity contribution < 1.29 is 10.4 Å². The normalized spacial score (nSPS) is 39.0. The van der Waals surface area contributed by atoms with Gasteiger partial charge in [-0.25, -0.2) is 0 Å². The predicted octanol–water partition coefficient (Wildman–Crippen LogP) is 3.19. The molecule has 3 heteroatoms. The van der Waals surface area contributed by atoms with Crippen LogP contribution >= 0.6 is 15.9 Å². The first kappa shape index (κ1) is 15.2. The van der Waals surface area contributed by atoms with Crippen molar-refractivity contribution in [2.75, 3.05) is 6.54 Å². The van der Waals surface area contributed by atoms with Crippen LogP contribution in [-0.2, 0) is 5.60 Å². The van der Waals surface area contributed by atoms with Gasteiger partial charge in [0.05, 0.1) is 5.54 Å². The molecule has 1 aromatic rings. The standard InChI is InChI=1S/C19H26BrNO/c1-18(22,16-2-4-17(20)5-3-16)12-21-19-9-13-6-14(10-19)8-15(7-13)11-19/h2-5,13-15,21-22H,6-12H2,1H3/p+1/t13?,14?,15?,18-,19?/m1/s1. The summed E-state index contributed by atoms with van der Waals surface area (Å²) < 4.78 is 1.07. The molecule has 4 saturated carbocycles. The number of aliphatic hydroxyl groups is 1. The molecule has 4 aliphatic carbocycles. The molecule has 0 spiro atoms. The van der Waals surface area contributed by atoms with Crippen molar-refractivity contribution in [3.8, 4) is 0 Å². The Morgan fingerprint density at radius 3 is 2.09 bits per heavy atom. The molecular weight excluding hydrogens is 338 g/mol. The highest BCUT2D eigenvalue weighted by atomic mass is 79.9. The van der Waals surface area contributed by atoms with E-state index in [4.69, 9.17) is 0 Å². The minimum atomic E-state index is -0.746. The number of quaternary nitrogens is 1. The lowest BCUT2D eigenvalue weighted by Crippen LogP contribution is -3.00. The third-order valence-electron chi connectivity index (χ3n) is 6.48. The van der Waals surface area contributed by atoms with Crippen LogP contribution in [0, 0.1) is 17.8 Å². The fraction of sp³-hybridized carbons (Fsp3) is 0.684. The molecule has 1 aromatic carbocycles. The van der Waals surface area contributed by atoms with Crippen LogP contribution in [0.1, 0.15) is 51.0 Å². The number of benzene rings is 1. The van der Waals surface area contributed by atoms with E-state index in [0.717, 1.165) is 34.3 Å². The van der Waals surface area contributed by atoms with Crippen molar-refractivity contribution in [1.82, 2.24) is 0 Å². The summed E-state index contributed by atoms with van der Waals surface area (Å²) in [6.07, 6.45) is 8.60. The smallest absolute Gasteiger partial charge is 0.135 e. The summed E-state index contributed by atoms with van der Waals surface area (Å²) in [4.78, 5) is 0. The Morgan fingerprint density at radius 1 is 1.09 bits per heavy atom. The van der Waals surface area contributed by atoms with Crippen molar-refractivity contribution >= 4 is 15.9 Å². The van der Waals surface area contributed by atoms with Gasteiger partial charge in [-0.05, 0) is 61.6 Å². The van der Waals surface area contributed by atoms with E-state index in [1.54, 1.807) is 0 Å². The van der Waals surface area contributed by atoms with Gasteiger partial charge in [0.1, 0.15) is 12.1 Å². The molecule has 4 bridgehead atoms. The van der Waals surface area contributed by atoms with Crippen LogP contribution < -0.4 is 5.32 Å². The Bertz CT molecular complexity index is 516. The third kappa shape index (κ3) is 2.76. The lowest BCUT2D eigenvalue weighted by molar-refractivity contribution is -0.748. The first-order valence-corrected chi connectivity index (χ1v) is 9.56. The molecule has 0 amide bonds. The third-order valence-corrected chi connectivity index (χ3v) is 7.01. The van der Waals surface area contributed by atoms with Crippen molar-refractivity contribution in [1.29, 1.82) is 0 Å². The number of hydrogen-bond acceptors (Lipinski definition) is 1. The van der Waals surface area contributed by atoms with Gasteiger partial charge in [0.15, 0.2) is 0 Å². The molecule has 22 heavy (non-hydrogen) atoms. The molecule has 2 nitrogen and oxygen atoms in total. The maximum Gasteiger partial charge on any atom is 0.135 e. The van der Waals surface area contributed by atoms with Gasteiger partial charge >= 0.3 is 0 Å². The number of hydrogen-bond donors (Lipinski definition) is 2. The summed E-state index contributed by atoms with van der Waals surface area (Å²) in [7, 11) is 0. The quantitative estimate of drug-likeness (QED) is 0.845. The van der Waals surface area contributed by atoms with Gasteiger partial charge in [-0.3, -0.25) is 0 Å². The molecule has 5 rings (SSSR count). The van der Waals surface area contributed by atoms with Crippen LogP contribution in [0.2, 0.25) is 0 Å². The summed E-state index contributed by atoms with van der Waals surface area (Å²) in [6, 6.07) is 8.12. The summed E-state index contributed by atoms with van der Waals surface area (Å²) in [5, 5.41) is 13.4. The Labute approximate surface area is 141 Å². The molecule has 3 N–H and O–H groups in total. The molecule has 0 aromatic heterocycles. The van der Waals surface area contributed by atoms with Crippen molar-refractivity contribution in [3.05, 3.63) is 34.3 Å². The monoisotopic (exact) mass is 364 g/mol. The number of rotatable bonds is 4. The van der Waals surface area contributed by atoms with Gasteiger partial charge in [0.25, 0.3) is 0 Å². The molecule has 0 radical (unpaired) electrons. The first-order valence-electron chi connectivity index (χ1n) is 8.77. The van der Waals surface area contributed by atoms with E-state index >= 15 is 0 Å². The first-order chi connectivity index (χ1) is 10.4. The van der Waals surface area contributed by atoms with Crippen LogP contribution in [0.5, 0.6) is 0 Å². The van der Waals surface area contributed by atoms with E-state index in [1.165, 1.54) is 38.5 Å². The molecule has 0 aliphatic heterocycles. The van der Waals surface area contributed by atoms with E-state index in [0.29, 0.717) is 5.54 Å². The van der Waals surface area contributed by atoms with E-state index < -0.39 is 5.60 Å². The Kier molecular flexibility index (Phi) is 3.67. The molecule has 0 unspecified atom stereocenters. The van der Waals surface area contributed by atoms with Crippen molar-refractivity contribution in [2.24, 2.45) is 17.8 Å². The summed E-state index contributed by atoms with van der Waals surface area (Å²) in [5.74, 6) is 2.92. The largest absolute Gasteiger partial charge is 0.380 e. The highest BCUT2D eigenvalue weighted by Gasteiger charge is 2.53. The van der Waals surface area contributed by atoms with Gasteiger partial charge in [0, 0.05) is 23.7 Å². The van der Waals surface area contributed by atoms with E-state index in [1.807, 2.05) is 31.2 Å². The second kappa shape index (κ2) is 5.32.